The molecule has 0 amide bonds. The van der Waals surface area contributed by atoms with Crippen LogP contribution in [0.4, 0.5) is 0 Å². The van der Waals surface area contributed by atoms with Crippen LogP contribution in [0.5, 0.6) is 0 Å². The SMILES string of the molecule is C[C@H]1CNC[C@@H](N)[C@]1(C)O. The summed E-state index contributed by atoms with van der Waals surface area (Å²) in [6, 6.07) is -0.128. The monoisotopic (exact) mass is 144 g/mol. The smallest absolute Gasteiger partial charge is 0.0819 e. The van der Waals surface area contributed by atoms with Gasteiger partial charge in [-0.1, -0.05) is 6.92 Å². The summed E-state index contributed by atoms with van der Waals surface area (Å²) in [6.07, 6.45) is 0. The summed E-state index contributed by atoms with van der Waals surface area (Å²) >= 11 is 0. The second kappa shape index (κ2) is 2.49. The highest BCUT2D eigenvalue weighted by atomic mass is 16.3. The Kier molecular flexibility index (Phi) is 1.99. The summed E-state index contributed by atoms with van der Waals surface area (Å²) in [5, 5.41) is 12.9. The lowest BCUT2D eigenvalue weighted by Crippen LogP contribution is -2.61. The Balaban J connectivity index is 2.63. The van der Waals surface area contributed by atoms with Crippen LogP contribution in [0, 0.1) is 5.92 Å². The summed E-state index contributed by atoms with van der Waals surface area (Å²) < 4.78 is 0. The van der Waals surface area contributed by atoms with Crippen LogP contribution in [0.1, 0.15) is 13.8 Å². The number of nitrogens with two attached hydrogens (primary N) is 1. The Morgan fingerprint density at radius 3 is 2.60 bits per heavy atom. The van der Waals surface area contributed by atoms with E-state index in [1.54, 1.807) is 0 Å². The number of piperidine rings is 1. The van der Waals surface area contributed by atoms with E-state index in [1.165, 1.54) is 0 Å². The molecule has 3 atom stereocenters. The molecule has 0 aromatic rings. The van der Waals surface area contributed by atoms with Crippen LogP contribution in [-0.4, -0.2) is 29.8 Å². The summed E-state index contributed by atoms with van der Waals surface area (Å²) in [5.74, 6) is 0.247. The first-order chi connectivity index (χ1) is 4.55. The molecule has 4 N–H and O–H groups in total. The second-order valence-corrected chi connectivity index (χ2v) is 3.39. The van der Waals surface area contributed by atoms with Crippen LogP contribution in [0.2, 0.25) is 0 Å². The summed E-state index contributed by atoms with van der Waals surface area (Å²) in [7, 11) is 0. The number of hydrogen-bond acceptors (Lipinski definition) is 3. The van der Waals surface area contributed by atoms with Crippen molar-refractivity contribution < 1.29 is 5.11 Å². The summed E-state index contributed by atoms with van der Waals surface area (Å²) in [4.78, 5) is 0. The van der Waals surface area contributed by atoms with Crippen molar-refractivity contribution in [1.82, 2.24) is 5.32 Å². The van der Waals surface area contributed by atoms with Gasteiger partial charge >= 0.3 is 0 Å². The molecule has 3 nitrogen and oxygen atoms in total. The molecule has 60 valence electrons. The predicted molar refractivity (Wildman–Crippen MR) is 40.6 cm³/mol. The van der Waals surface area contributed by atoms with E-state index in [1.807, 2.05) is 13.8 Å². The Morgan fingerprint density at radius 1 is 1.60 bits per heavy atom. The molecule has 1 aliphatic heterocycles. The minimum atomic E-state index is -0.689. The van der Waals surface area contributed by atoms with Crippen molar-refractivity contribution in [3.05, 3.63) is 0 Å². The lowest BCUT2D eigenvalue weighted by atomic mass is 9.81. The lowest BCUT2D eigenvalue weighted by Gasteiger charge is -2.40. The maximum atomic E-state index is 9.75. The van der Waals surface area contributed by atoms with Gasteiger partial charge in [0, 0.05) is 19.1 Å². The number of aliphatic hydroxyl groups is 1. The molecule has 0 aliphatic carbocycles. The van der Waals surface area contributed by atoms with Gasteiger partial charge in [-0.25, -0.2) is 0 Å². The fraction of sp³-hybridized carbons (Fsp3) is 1.00. The van der Waals surface area contributed by atoms with Gasteiger partial charge in [0.2, 0.25) is 0 Å². The fourth-order valence-corrected chi connectivity index (χ4v) is 1.23. The molecule has 0 bridgehead atoms. The van der Waals surface area contributed by atoms with Crippen LogP contribution in [0.25, 0.3) is 0 Å². The highest BCUT2D eigenvalue weighted by Gasteiger charge is 2.37. The topological polar surface area (TPSA) is 58.3 Å². The van der Waals surface area contributed by atoms with Crippen molar-refractivity contribution in [2.24, 2.45) is 11.7 Å². The third kappa shape index (κ3) is 1.17. The lowest BCUT2D eigenvalue weighted by molar-refractivity contribution is -0.0326. The zero-order chi connectivity index (χ0) is 7.78. The minimum absolute atomic E-state index is 0.128. The molecule has 1 aliphatic rings. The van der Waals surface area contributed by atoms with Crippen molar-refractivity contribution in [3.63, 3.8) is 0 Å². The van der Waals surface area contributed by atoms with E-state index >= 15 is 0 Å². The molecule has 0 aromatic heterocycles. The van der Waals surface area contributed by atoms with E-state index in [-0.39, 0.29) is 12.0 Å². The van der Waals surface area contributed by atoms with Crippen molar-refractivity contribution >= 4 is 0 Å². The minimum Gasteiger partial charge on any atom is -0.388 e. The largest absolute Gasteiger partial charge is 0.388 e. The zero-order valence-corrected chi connectivity index (χ0v) is 6.59. The standard InChI is InChI=1S/C7H16N2O/c1-5-3-9-4-6(8)7(5,2)10/h5-6,9-10H,3-4,8H2,1-2H3/t5-,6+,7+/m0/s1. The Labute approximate surface area is 61.6 Å². The molecule has 3 heteroatoms. The van der Waals surface area contributed by atoms with Gasteiger partial charge in [-0.3, -0.25) is 0 Å². The molecule has 10 heavy (non-hydrogen) atoms. The number of nitrogens with one attached hydrogen (secondary N) is 1. The Hall–Kier alpha value is -0.120. The molecule has 0 radical (unpaired) electrons. The van der Waals surface area contributed by atoms with Crippen LogP contribution in [0.3, 0.4) is 0 Å². The van der Waals surface area contributed by atoms with Gasteiger partial charge in [0.1, 0.15) is 0 Å². The molecule has 0 saturated carbocycles. The van der Waals surface area contributed by atoms with Gasteiger partial charge < -0.3 is 16.2 Å². The summed E-state index contributed by atoms with van der Waals surface area (Å²) in [6.45, 7) is 5.40. The van der Waals surface area contributed by atoms with Gasteiger partial charge in [-0.05, 0) is 12.8 Å². The third-order valence-electron chi connectivity index (χ3n) is 2.56. The van der Waals surface area contributed by atoms with Crippen LogP contribution < -0.4 is 11.1 Å². The predicted octanol–water partition coefficient (Wildman–Crippen LogP) is -0.696. The molecule has 1 saturated heterocycles. The van der Waals surface area contributed by atoms with Crippen molar-refractivity contribution in [3.8, 4) is 0 Å². The maximum absolute atomic E-state index is 9.75. The Morgan fingerprint density at radius 2 is 2.20 bits per heavy atom. The number of hydrogen-bond donors (Lipinski definition) is 3. The second-order valence-electron chi connectivity index (χ2n) is 3.39. The van der Waals surface area contributed by atoms with Crippen molar-refractivity contribution in [2.75, 3.05) is 13.1 Å². The van der Waals surface area contributed by atoms with E-state index in [4.69, 9.17) is 5.73 Å². The van der Waals surface area contributed by atoms with E-state index in [0.717, 1.165) is 13.1 Å². The van der Waals surface area contributed by atoms with Gasteiger partial charge in [0.05, 0.1) is 5.60 Å². The highest BCUT2D eigenvalue weighted by molar-refractivity contribution is 4.95. The van der Waals surface area contributed by atoms with Gasteiger partial charge in [0.25, 0.3) is 0 Å². The first-order valence-corrected chi connectivity index (χ1v) is 3.74. The molecule has 1 rings (SSSR count). The van der Waals surface area contributed by atoms with Crippen LogP contribution in [-0.2, 0) is 0 Å². The Bertz CT molecular complexity index is 113. The van der Waals surface area contributed by atoms with E-state index < -0.39 is 5.60 Å². The summed E-state index contributed by atoms with van der Waals surface area (Å²) in [5.41, 5.74) is 5.00. The van der Waals surface area contributed by atoms with E-state index in [2.05, 4.69) is 5.32 Å². The van der Waals surface area contributed by atoms with Gasteiger partial charge in [-0.15, -0.1) is 0 Å². The maximum Gasteiger partial charge on any atom is 0.0819 e. The van der Waals surface area contributed by atoms with E-state index in [9.17, 15) is 5.11 Å². The van der Waals surface area contributed by atoms with Crippen molar-refractivity contribution in [2.45, 2.75) is 25.5 Å². The third-order valence-corrected chi connectivity index (χ3v) is 2.56. The normalized spacial score (nSPS) is 49.2. The zero-order valence-electron chi connectivity index (χ0n) is 6.59. The van der Waals surface area contributed by atoms with Gasteiger partial charge in [-0.2, -0.15) is 0 Å². The first kappa shape index (κ1) is 7.98. The van der Waals surface area contributed by atoms with E-state index in [0.29, 0.717) is 0 Å². The molecule has 1 fully saturated rings. The van der Waals surface area contributed by atoms with Crippen molar-refractivity contribution in [1.29, 1.82) is 0 Å². The molecule has 0 spiro atoms. The van der Waals surface area contributed by atoms with Crippen LogP contribution in [0.15, 0.2) is 0 Å². The molecule has 1 heterocycles. The molecular weight excluding hydrogens is 128 g/mol. The molecule has 0 unspecified atom stereocenters. The van der Waals surface area contributed by atoms with Crippen LogP contribution >= 0.6 is 0 Å². The highest BCUT2D eigenvalue weighted by Crippen LogP contribution is 2.21. The quantitative estimate of drug-likeness (QED) is 0.421. The fourth-order valence-electron chi connectivity index (χ4n) is 1.23. The average molecular weight is 144 g/mol. The number of rotatable bonds is 0. The molecule has 0 aromatic carbocycles. The van der Waals surface area contributed by atoms with Gasteiger partial charge in [0.15, 0.2) is 0 Å². The average Bonchev–Trinajstić information content (AvgIpc) is 1.84. The molecular formula is C7H16N2O. The first-order valence-electron chi connectivity index (χ1n) is 3.74.